The van der Waals surface area contributed by atoms with Crippen molar-refractivity contribution < 1.29 is 4.79 Å². The molecule has 0 unspecified atom stereocenters. The molecule has 140 valence electrons. The van der Waals surface area contributed by atoms with Gasteiger partial charge in [0.1, 0.15) is 5.82 Å². The van der Waals surface area contributed by atoms with E-state index in [1.165, 1.54) is 24.8 Å². The van der Waals surface area contributed by atoms with Gasteiger partial charge in [0.25, 0.3) is 0 Å². The molecule has 1 fully saturated rings. The summed E-state index contributed by atoms with van der Waals surface area (Å²) in [6.07, 6.45) is 9.93. The van der Waals surface area contributed by atoms with Crippen molar-refractivity contribution in [2.75, 3.05) is 20.6 Å². The first-order valence-corrected chi connectivity index (χ1v) is 9.61. The summed E-state index contributed by atoms with van der Waals surface area (Å²) in [4.78, 5) is 21.1. The Morgan fingerprint density at radius 1 is 1.15 bits per heavy atom. The topological polar surface area (TPSA) is 41.4 Å². The zero-order valence-electron chi connectivity index (χ0n) is 16.0. The Bertz CT molecular complexity index is 691. The van der Waals surface area contributed by atoms with Crippen LogP contribution in [0.1, 0.15) is 43.5 Å². The number of hydrogen-bond acceptors (Lipinski definition) is 3. The first-order chi connectivity index (χ1) is 12.6. The molecule has 1 saturated carbocycles. The summed E-state index contributed by atoms with van der Waals surface area (Å²) >= 11 is 0. The van der Waals surface area contributed by atoms with Crippen molar-refractivity contribution in [3.8, 4) is 0 Å². The lowest BCUT2D eigenvalue weighted by atomic mass is 9.94. The van der Waals surface area contributed by atoms with Gasteiger partial charge in [-0.15, -0.1) is 0 Å². The normalized spacial score (nSPS) is 15.3. The summed E-state index contributed by atoms with van der Waals surface area (Å²) in [6.45, 7) is 1.91. The molecule has 0 N–H and O–H groups in total. The van der Waals surface area contributed by atoms with Gasteiger partial charge in [0.05, 0.1) is 13.1 Å². The van der Waals surface area contributed by atoms with Crippen LogP contribution in [0.3, 0.4) is 0 Å². The first kappa shape index (κ1) is 18.6. The highest BCUT2D eigenvalue weighted by molar-refractivity contribution is 5.78. The number of imidazole rings is 1. The maximum atomic E-state index is 12.6. The smallest absolute Gasteiger partial charge is 0.236 e. The number of aromatic nitrogens is 2. The number of hydrogen-bond donors (Lipinski definition) is 0. The Labute approximate surface area is 156 Å². The highest BCUT2D eigenvalue weighted by Crippen LogP contribution is 2.21. The van der Waals surface area contributed by atoms with Gasteiger partial charge in [-0.1, -0.05) is 49.6 Å². The second-order valence-electron chi connectivity index (χ2n) is 7.43. The molecule has 2 aromatic rings. The predicted octanol–water partition coefficient (Wildman–Crippen LogP) is 3.15. The maximum Gasteiger partial charge on any atom is 0.236 e. The first-order valence-electron chi connectivity index (χ1n) is 9.61. The van der Waals surface area contributed by atoms with E-state index >= 15 is 0 Å². The van der Waals surface area contributed by atoms with Crippen LogP contribution in [-0.2, 0) is 17.9 Å². The summed E-state index contributed by atoms with van der Waals surface area (Å²) in [5, 5.41) is 0. The average Bonchev–Trinajstić information content (AvgIpc) is 3.09. The number of rotatable bonds is 7. The van der Waals surface area contributed by atoms with E-state index in [1.807, 2.05) is 37.5 Å². The summed E-state index contributed by atoms with van der Waals surface area (Å²) < 4.78 is 2.15. The molecule has 5 heteroatoms. The fourth-order valence-electron chi connectivity index (χ4n) is 3.73. The molecule has 3 rings (SSSR count). The third-order valence-corrected chi connectivity index (χ3v) is 5.33. The molecule has 5 nitrogen and oxygen atoms in total. The number of carbonyl (C=O) groups is 1. The summed E-state index contributed by atoms with van der Waals surface area (Å²) in [6, 6.07) is 10.8. The fraction of sp³-hybridized carbons (Fsp3) is 0.524. The van der Waals surface area contributed by atoms with Crippen molar-refractivity contribution in [2.45, 2.75) is 51.2 Å². The monoisotopic (exact) mass is 354 g/mol. The van der Waals surface area contributed by atoms with Crippen LogP contribution >= 0.6 is 0 Å². The molecule has 0 atom stereocenters. The Kier molecular flexibility index (Phi) is 6.45. The van der Waals surface area contributed by atoms with Gasteiger partial charge in [-0.2, -0.15) is 0 Å². The summed E-state index contributed by atoms with van der Waals surface area (Å²) in [7, 11) is 3.96. The Balaban J connectivity index is 1.54. The molecule has 1 aliphatic rings. The standard InChI is InChI=1S/C21H30N4O/c1-23(17-21(26)24(2)19-11-7-4-8-12-19)16-20-22-13-14-25(20)15-18-9-5-3-6-10-18/h3,5-6,9-10,13-14,19H,4,7-8,11-12,15-17H2,1-2H3. The minimum absolute atomic E-state index is 0.209. The molecule has 26 heavy (non-hydrogen) atoms. The van der Waals surface area contributed by atoms with E-state index in [0.717, 1.165) is 25.2 Å². The van der Waals surface area contributed by atoms with Crippen LogP contribution in [0.2, 0.25) is 0 Å². The van der Waals surface area contributed by atoms with Crippen molar-refractivity contribution in [1.82, 2.24) is 19.4 Å². The molecule has 1 aromatic carbocycles. The molecule has 0 saturated heterocycles. The van der Waals surface area contributed by atoms with Gasteiger partial charge in [0, 0.05) is 32.0 Å². The van der Waals surface area contributed by atoms with Gasteiger partial charge in [-0.3, -0.25) is 9.69 Å². The number of carbonyl (C=O) groups excluding carboxylic acids is 1. The zero-order chi connectivity index (χ0) is 18.4. The average molecular weight is 354 g/mol. The zero-order valence-corrected chi connectivity index (χ0v) is 16.0. The van der Waals surface area contributed by atoms with E-state index in [0.29, 0.717) is 19.1 Å². The molecular formula is C21H30N4O. The SMILES string of the molecule is CN(CC(=O)N(C)C1CCCCC1)Cc1nccn1Cc1ccccc1. The molecule has 0 spiro atoms. The quantitative estimate of drug-likeness (QED) is 0.767. The van der Waals surface area contributed by atoms with Crippen molar-refractivity contribution in [2.24, 2.45) is 0 Å². The molecule has 1 aliphatic carbocycles. The highest BCUT2D eigenvalue weighted by atomic mass is 16.2. The van der Waals surface area contributed by atoms with Gasteiger partial charge in [-0.25, -0.2) is 4.98 Å². The lowest BCUT2D eigenvalue weighted by Gasteiger charge is -2.32. The number of likely N-dealkylation sites (N-methyl/N-ethyl adjacent to an activating group) is 2. The van der Waals surface area contributed by atoms with Crippen LogP contribution in [-0.4, -0.2) is 51.9 Å². The number of benzene rings is 1. The molecule has 0 bridgehead atoms. The van der Waals surface area contributed by atoms with E-state index in [1.54, 1.807) is 0 Å². The van der Waals surface area contributed by atoms with E-state index in [4.69, 9.17) is 0 Å². The van der Waals surface area contributed by atoms with E-state index in [-0.39, 0.29) is 5.91 Å². The second-order valence-corrected chi connectivity index (χ2v) is 7.43. The lowest BCUT2D eigenvalue weighted by Crippen LogP contribution is -2.43. The van der Waals surface area contributed by atoms with Crippen molar-refractivity contribution >= 4 is 5.91 Å². The van der Waals surface area contributed by atoms with Gasteiger partial charge in [-0.05, 0) is 25.5 Å². The van der Waals surface area contributed by atoms with Crippen molar-refractivity contribution in [3.63, 3.8) is 0 Å². The summed E-state index contributed by atoms with van der Waals surface area (Å²) in [5.74, 6) is 1.20. The highest BCUT2D eigenvalue weighted by Gasteiger charge is 2.23. The number of nitrogens with zero attached hydrogens (tertiary/aromatic N) is 4. The van der Waals surface area contributed by atoms with Crippen LogP contribution in [0.15, 0.2) is 42.7 Å². The Morgan fingerprint density at radius 3 is 2.62 bits per heavy atom. The van der Waals surface area contributed by atoms with Gasteiger partial charge >= 0.3 is 0 Å². The van der Waals surface area contributed by atoms with Crippen molar-refractivity contribution in [3.05, 3.63) is 54.1 Å². The second kappa shape index (κ2) is 8.99. The van der Waals surface area contributed by atoms with Crippen LogP contribution in [0, 0.1) is 0 Å². The van der Waals surface area contributed by atoms with Crippen LogP contribution < -0.4 is 0 Å². The Morgan fingerprint density at radius 2 is 1.88 bits per heavy atom. The van der Waals surface area contributed by atoms with E-state index in [9.17, 15) is 4.79 Å². The molecule has 1 aromatic heterocycles. The third kappa shape index (κ3) is 4.94. The van der Waals surface area contributed by atoms with Crippen LogP contribution in [0.4, 0.5) is 0 Å². The largest absolute Gasteiger partial charge is 0.342 e. The molecule has 0 aliphatic heterocycles. The minimum atomic E-state index is 0.209. The fourth-order valence-corrected chi connectivity index (χ4v) is 3.73. The van der Waals surface area contributed by atoms with Gasteiger partial charge < -0.3 is 9.47 Å². The minimum Gasteiger partial charge on any atom is -0.342 e. The van der Waals surface area contributed by atoms with Crippen LogP contribution in [0.5, 0.6) is 0 Å². The third-order valence-electron chi connectivity index (χ3n) is 5.33. The summed E-state index contributed by atoms with van der Waals surface area (Å²) in [5.41, 5.74) is 1.25. The van der Waals surface area contributed by atoms with Gasteiger partial charge in [0.15, 0.2) is 0 Å². The predicted molar refractivity (Wildman–Crippen MR) is 104 cm³/mol. The van der Waals surface area contributed by atoms with E-state index in [2.05, 4.69) is 38.7 Å². The van der Waals surface area contributed by atoms with Crippen molar-refractivity contribution in [1.29, 1.82) is 0 Å². The number of amides is 1. The van der Waals surface area contributed by atoms with Gasteiger partial charge in [0.2, 0.25) is 5.91 Å². The Hall–Kier alpha value is -2.14. The van der Waals surface area contributed by atoms with Crippen LogP contribution in [0.25, 0.3) is 0 Å². The molecule has 1 heterocycles. The van der Waals surface area contributed by atoms with E-state index < -0.39 is 0 Å². The lowest BCUT2D eigenvalue weighted by molar-refractivity contribution is -0.133. The molecule has 0 radical (unpaired) electrons. The maximum absolute atomic E-state index is 12.6. The molecular weight excluding hydrogens is 324 g/mol. The molecule has 1 amide bonds.